The van der Waals surface area contributed by atoms with Gasteiger partial charge in [-0.05, 0) is 63.1 Å². The summed E-state index contributed by atoms with van der Waals surface area (Å²) in [7, 11) is -3.65. The van der Waals surface area contributed by atoms with Crippen molar-refractivity contribution in [2.45, 2.75) is 33.8 Å². The highest BCUT2D eigenvalue weighted by Gasteiger charge is 2.21. The Labute approximate surface area is 161 Å². The molecule has 0 aliphatic rings. The first-order chi connectivity index (χ1) is 12.5. The monoisotopic (exact) mass is 390 g/mol. The summed E-state index contributed by atoms with van der Waals surface area (Å²) in [6.07, 6.45) is 1.03. The number of nitrogens with one attached hydrogen (secondary N) is 1. The molecule has 0 saturated carbocycles. The van der Waals surface area contributed by atoms with Gasteiger partial charge in [0.25, 0.3) is 0 Å². The van der Waals surface area contributed by atoms with Crippen molar-refractivity contribution in [3.05, 3.63) is 53.6 Å². The summed E-state index contributed by atoms with van der Waals surface area (Å²) in [4.78, 5) is 12.5. The van der Waals surface area contributed by atoms with Gasteiger partial charge in [0.05, 0.1) is 18.0 Å². The van der Waals surface area contributed by atoms with Gasteiger partial charge in [0.2, 0.25) is 15.9 Å². The summed E-state index contributed by atoms with van der Waals surface area (Å²) >= 11 is 0. The molecule has 146 valence electrons. The predicted octanol–water partition coefficient (Wildman–Crippen LogP) is 3.50. The van der Waals surface area contributed by atoms with Crippen LogP contribution >= 0.6 is 0 Å². The molecule has 7 heteroatoms. The van der Waals surface area contributed by atoms with Crippen LogP contribution in [-0.2, 0) is 14.8 Å². The van der Waals surface area contributed by atoms with E-state index in [2.05, 4.69) is 5.32 Å². The van der Waals surface area contributed by atoms with E-state index in [9.17, 15) is 13.2 Å². The zero-order valence-corrected chi connectivity index (χ0v) is 17.1. The Morgan fingerprint density at radius 2 is 1.74 bits per heavy atom. The minimum Gasteiger partial charge on any atom is -0.491 e. The molecule has 0 aromatic heterocycles. The van der Waals surface area contributed by atoms with E-state index < -0.39 is 15.9 Å². The maximum Gasteiger partial charge on any atom is 0.245 e. The molecular formula is C20H26N2O4S. The predicted molar refractivity (Wildman–Crippen MR) is 109 cm³/mol. The van der Waals surface area contributed by atoms with Gasteiger partial charge in [0.1, 0.15) is 12.3 Å². The number of carbonyl (C=O) groups excluding carboxylic acids is 1. The highest BCUT2D eigenvalue weighted by molar-refractivity contribution is 7.92. The van der Waals surface area contributed by atoms with Crippen LogP contribution in [0, 0.1) is 13.8 Å². The molecule has 0 bridgehead atoms. The molecule has 0 saturated heterocycles. The van der Waals surface area contributed by atoms with Crippen LogP contribution in [0.1, 0.15) is 25.0 Å². The molecule has 1 amide bonds. The smallest absolute Gasteiger partial charge is 0.245 e. The number of sulfonamides is 1. The first-order valence-electron chi connectivity index (χ1n) is 8.67. The van der Waals surface area contributed by atoms with E-state index in [1.807, 2.05) is 45.9 Å². The van der Waals surface area contributed by atoms with Crippen molar-refractivity contribution in [1.82, 2.24) is 0 Å². The molecule has 0 unspecified atom stereocenters. The molecule has 0 fully saturated rings. The zero-order chi connectivity index (χ0) is 20.2. The second-order valence-electron chi connectivity index (χ2n) is 6.86. The Morgan fingerprint density at radius 1 is 1.11 bits per heavy atom. The molecule has 2 aromatic rings. The lowest BCUT2D eigenvalue weighted by Crippen LogP contribution is -2.37. The third-order valence-electron chi connectivity index (χ3n) is 3.67. The van der Waals surface area contributed by atoms with Crippen LogP contribution in [0.4, 0.5) is 11.4 Å². The fourth-order valence-electron chi connectivity index (χ4n) is 2.76. The van der Waals surface area contributed by atoms with Crippen molar-refractivity contribution >= 4 is 27.3 Å². The number of anilines is 2. The first kappa shape index (κ1) is 20.8. The van der Waals surface area contributed by atoms with E-state index >= 15 is 0 Å². The van der Waals surface area contributed by atoms with Crippen molar-refractivity contribution in [2.24, 2.45) is 0 Å². The van der Waals surface area contributed by atoms with Gasteiger partial charge in [0, 0.05) is 11.8 Å². The van der Waals surface area contributed by atoms with Gasteiger partial charge in [-0.3, -0.25) is 9.10 Å². The van der Waals surface area contributed by atoms with E-state index in [1.165, 1.54) is 0 Å². The number of aryl methyl sites for hydroxylation is 2. The summed E-state index contributed by atoms with van der Waals surface area (Å²) in [6, 6.07) is 12.4. The van der Waals surface area contributed by atoms with Crippen LogP contribution in [0.15, 0.2) is 42.5 Å². The van der Waals surface area contributed by atoms with Crippen molar-refractivity contribution in [1.29, 1.82) is 0 Å². The molecule has 0 aliphatic carbocycles. The standard InChI is InChI=1S/C20H26N2O4S/c1-14(2)26-19-8-6-7-18(12-19)22(27(5,24)25)13-20(23)21-17-10-15(3)9-16(4)11-17/h6-12,14H,13H2,1-5H3,(H,21,23). The van der Waals surface area contributed by atoms with Gasteiger partial charge in [0.15, 0.2) is 0 Å². The van der Waals surface area contributed by atoms with E-state index in [1.54, 1.807) is 24.3 Å². The lowest BCUT2D eigenvalue weighted by Gasteiger charge is -2.23. The van der Waals surface area contributed by atoms with Gasteiger partial charge in [-0.1, -0.05) is 12.1 Å². The SMILES string of the molecule is Cc1cc(C)cc(NC(=O)CN(c2cccc(OC(C)C)c2)S(C)(=O)=O)c1. The third kappa shape index (κ3) is 6.29. The molecular weight excluding hydrogens is 364 g/mol. The second-order valence-corrected chi connectivity index (χ2v) is 8.76. The van der Waals surface area contributed by atoms with Gasteiger partial charge in [-0.15, -0.1) is 0 Å². The van der Waals surface area contributed by atoms with Crippen LogP contribution in [0.5, 0.6) is 5.75 Å². The fourth-order valence-corrected chi connectivity index (χ4v) is 3.61. The van der Waals surface area contributed by atoms with Gasteiger partial charge >= 0.3 is 0 Å². The summed E-state index contributed by atoms with van der Waals surface area (Å²) in [6.45, 7) is 7.32. The number of carbonyl (C=O) groups is 1. The Morgan fingerprint density at radius 3 is 2.30 bits per heavy atom. The Kier molecular flexibility index (Phi) is 6.49. The molecule has 0 radical (unpaired) electrons. The average molecular weight is 391 g/mol. The Hall–Kier alpha value is -2.54. The fraction of sp³-hybridized carbons (Fsp3) is 0.350. The average Bonchev–Trinajstić information content (AvgIpc) is 2.50. The highest BCUT2D eigenvalue weighted by atomic mass is 32.2. The van der Waals surface area contributed by atoms with Crippen molar-refractivity contribution in [3.63, 3.8) is 0 Å². The van der Waals surface area contributed by atoms with Crippen molar-refractivity contribution in [3.8, 4) is 5.75 Å². The van der Waals surface area contributed by atoms with Crippen LogP contribution in [0.2, 0.25) is 0 Å². The molecule has 2 aromatic carbocycles. The van der Waals surface area contributed by atoms with Crippen LogP contribution in [0.25, 0.3) is 0 Å². The van der Waals surface area contributed by atoms with Crippen molar-refractivity contribution < 1.29 is 17.9 Å². The first-order valence-corrected chi connectivity index (χ1v) is 10.5. The highest BCUT2D eigenvalue weighted by Crippen LogP contribution is 2.24. The van der Waals surface area contributed by atoms with E-state index in [-0.39, 0.29) is 12.6 Å². The van der Waals surface area contributed by atoms with E-state index in [0.29, 0.717) is 17.1 Å². The van der Waals surface area contributed by atoms with E-state index in [0.717, 1.165) is 21.7 Å². The number of hydrogen-bond acceptors (Lipinski definition) is 4. The lowest BCUT2D eigenvalue weighted by molar-refractivity contribution is -0.114. The normalized spacial score (nSPS) is 11.3. The Bertz CT molecular complexity index is 903. The molecule has 0 atom stereocenters. The molecule has 0 aliphatic heterocycles. The van der Waals surface area contributed by atoms with E-state index in [4.69, 9.17) is 4.74 Å². The largest absolute Gasteiger partial charge is 0.491 e. The van der Waals surface area contributed by atoms with Gasteiger partial charge in [-0.2, -0.15) is 0 Å². The van der Waals surface area contributed by atoms with Gasteiger partial charge in [-0.25, -0.2) is 8.42 Å². The summed E-state index contributed by atoms with van der Waals surface area (Å²) in [5.74, 6) is 0.131. The molecule has 0 spiro atoms. The lowest BCUT2D eigenvalue weighted by atomic mass is 10.1. The summed E-state index contributed by atoms with van der Waals surface area (Å²) in [5, 5.41) is 2.77. The Balaban J connectivity index is 2.23. The topological polar surface area (TPSA) is 75.7 Å². The number of hydrogen-bond donors (Lipinski definition) is 1. The minimum absolute atomic E-state index is 0.0419. The maximum atomic E-state index is 12.5. The number of ether oxygens (including phenoxy) is 1. The molecule has 27 heavy (non-hydrogen) atoms. The zero-order valence-electron chi connectivity index (χ0n) is 16.3. The molecule has 0 heterocycles. The summed E-state index contributed by atoms with van der Waals surface area (Å²) in [5.41, 5.74) is 3.06. The maximum absolute atomic E-state index is 12.5. The quantitative estimate of drug-likeness (QED) is 0.785. The molecule has 1 N–H and O–H groups in total. The number of nitrogens with zero attached hydrogens (tertiary/aromatic N) is 1. The van der Waals surface area contributed by atoms with Crippen LogP contribution in [0.3, 0.4) is 0 Å². The second kappa shape index (κ2) is 8.43. The summed E-state index contributed by atoms with van der Waals surface area (Å²) < 4.78 is 31.2. The van der Waals surface area contributed by atoms with Crippen LogP contribution < -0.4 is 14.4 Å². The van der Waals surface area contributed by atoms with Gasteiger partial charge < -0.3 is 10.1 Å². The molecule has 2 rings (SSSR count). The number of rotatable bonds is 7. The molecule has 6 nitrogen and oxygen atoms in total. The number of benzene rings is 2. The van der Waals surface area contributed by atoms with Crippen molar-refractivity contribution in [2.75, 3.05) is 22.4 Å². The number of amides is 1. The third-order valence-corrected chi connectivity index (χ3v) is 4.81. The van der Waals surface area contributed by atoms with Crippen LogP contribution in [-0.4, -0.2) is 33.2 Å². The minimum atomic E-state index is -3.65.